The van der Waals surface area contributed by atoms with Crippen LogP contribution in [0, 0.1) is 11.8 Å². The van der Waals surface area contributed by atoms with Gasteiger partial charge in [-0.15, -0.1) is 11.8 Å². The second kappa shape index (κ2) is 9.42. The van der Waals surface area contributed by atoms with Gasteiger partial charge in [0.15, 0.2) is 0 Å². The van der Waals surface area contributed by atoms with E-state index >= 15 is 0 Å². The molecule has 0 fully saturated rings. The molecule has 1 N–H and O–H groups in total. The van der Waals surface area contributed by atoms with Crippen molar-refractivity contribution in [3.05, 3.63) is 0 Å². The highest BCUT2D eigenvalue weighted by atomic mass is 15.2. The Hall–Kier alpha value is -0.520. The van der Waals surface area contributed by atoms with E-state index in [1.807, 2.05) is 6.92 Å². The molecule has 0 spiro atoms. The van der Waals surface area contributed by atoms with E-state index in [9.17, 15) is 0 Å². The molecule has 0 aliphatic carbocycles. The molecule has 0 aromatic rings. The van der Waals surface area contributed by atoms with E-state index in [0.29, 0.717) is 6.04 Å². The molecule has 0 saturated carbocycles. The zero-order chi connectivity index (χ0) is 14.0. The first-order valence-corrected chi connectivity index (χ1v) is 7.48. The molecule has 0 aliphatic heterocycles. The maximum Gasteiger partial charge on any atom is 0.0331 e. The highest BCUT2D eigenvalue weighted by Gasteiger charge is 2.35. The first-order chi connectivity index (χ1) is 8.60. The van der Waals surface area contributed by atoms with E-state index in [-0.39, 0.29) is 5.54 Å². The van der Waals surface area contributed by atoms with Crippen molar-refractivity contribution in [2.24, 2.45) is 0 Å². The van der Waals surface area contributed by atoms with E-state index in [4.69, 9.17) is 0 Å². The number of likely N-dealkylation sites (N-methyl/N-ethyl adjacent to an activating group) is 2. The Labute approximate surface area is 115 Å². The second-order valence-corrected chi connectivity index (χ2v) is 4.96. The van der Waals surface area contributed by atoms with Gasteiger partial charge in [0.25, 0.3) is 0 Å². The lowest BCUT2D eigenvalue weighted by atomic mass is 9.84. The Balaban J connectivity index is 4.90. The fraction of sp³-hybridized carbons (Fsp3) is 0.875. The maximum absolute atomic E-state index is 3.67. The first-order valence-electron chi connectivity index (χ1n) is 7.48. The fourth-order valence-corrected chi connectivity index (χ4v) is 2.86. The summed E-state index contributed by atoms with van der Waals surface area (Å²) in [6, 6.07) is 0.522. The van der Waals surface area contributed by atoms with Gasteiger partial charge in [0.2, 0.25) is 0 Å². The Bertz CT molecular complexity index is 260. The van der Waals surface area contributed by atoms with Crippen molar-refractivity contribution in [3.63, 3.8) is 0 Å². The first kappa shape index (κ1) is 17.5. The standard InChI is InChI=1S/C16H32N2/c1-7-12-13-14-15(17-9-3)16(6,8-2)18(10-4)11-5/h15,17H,8-11,13-14H2,1-6H3. The van der Waals surface area contributed by atoms with Crippen molar-refractivity contribution in [3.8, 4) is 11.8 Å². The molecule has 0 radical (unpaired) electrons. The second-order valence-electron chi connectivity index (χ2n) is 4.96. The average molecular weight is 252 g/mol. The Morgan fingerprint density at radius 3 is 2.17 bits per heavy atom. The van der Waals surface area contributed by atoms with Crippen molar-refractivity contribution >= 4 is 0 Å². The summed E-state index contributed by atoms with van der Waals surface area (Å²) in [6.45, 7) is 16.6. The van der Waals surface area contributed by atoms with Crippen molar-refractivity contribution < 1.29 is 0 Å². The average Bonchev–Trinajstić information content (AvgIpc) is 2.39. The largest absolute Gasteiger partial charge is 0.312 e. The summed E-state index contributed by atoms with van der Waals surface area (Å²) < 4.78 is 0. The Kier molecular flexibility index (Phi) is 9.14. The predicted octanol–water partition coefficient (Wildman–Crippen LogP) is 3.28. The lowest BCUT2D eigenvalue weighted by Gasteiger charge is -2.46. The zero-order valence-corrected chi connectivity index (χ0v) is 13.3. The molecule has 0 aliphatic rings. The van der Waals surface area contributed by atoms with Crippen LogP contribution < -0.4 is 5.32 Å². The molecule has 0 heterocycles. The van der Waals surface area contributed by atoms with Gasteiger partial charge in [-0.25, -0.2) is 0 Å². The minimum atomic E-state index is 0.231. The van der Waals surface area contributed by atoms with Gasteiger partial charge in [0.1, 0.15) is 0 Å². The summed E-state index contributed by atoms with van der Waals surface area (Å²) in [5.41, 5.74) is 0.231. The molecule has 2 nitrogen and oxygen atoms in total. The number of hydrogen-bond acceptors (Lipinski definition) is 2. The van der Waals surface area contributed by atoms with Crippen LogP contribution >= 0.6 is 0 Å². The molecule has 2 unspecified atom stereocenters. The fourth-order valence-electron chi connectivity index (χ4n) is 2.86. The third-order valence-electron chi connectivity index (χ3n) is 4.14. The summed E-state index contributed by atoms with van der Waals surface area (Å²) in [7, 11) is 0. The smallest absolute Gasteiger partial charge is 0.0331 e. The Morgan fingerprint density at radius 1 is 1.17 bits per heavy atom. The van der Waals surface area contributed by atoms with Gasteiger partial charge in [-0.05, 0) is 46.3 Å². The molecule has 0 saturated heterocycles. The van der Waals surface area contributed by atoms with E-state index in [2.05, 4.69) is 56.7 Å². The molecule has 0 amide bonds. The van der Waals surface area contributed by atoms with Gasteiger partial charge in [-0.3, -0.25) is 4.90 Å². The van der Waals surface area contributed by atoms with Gasteiger partial charge in [-0.1, -0.05) is 27.7 Å². The van der Waals surface area contributed by atoms with Crippen LogP contribution in [-0.2, 0) is 0 Å². The van der Waals surface area contributed by atoms with E-state index in [0.717, 1.165) is 32.5 Å². The van der Waals surface area contributed by atoms with Crippen molar-refractivity contribution in [2.45, 2.75) is 72.4 Å². The van der Waals surface area contributed by atoms with Gasteiger partial charge < -0.3 is 5.32 Å². The van der Waals surface area contributed by atoms with Crippen LogP contribution in [0.1, 0.15) is 60.8 Å². The van der Waals surface area contributed by atoms with Gasteiger partial charge in [-0.2, -0.15) is 0 Å². The van der Waals surface area contributed by atoms with Gasteiger partial charge in [0.05, 0.1) is 0 Å². The SMILES string of the molecule is CC#CCCC(NCC)C(C)(CC)N(CC)CC. The van der Waals surface area contributed by atoms with E-state index in [1.54, 1.807) is 0 Å². The highest BCUT2D eigenvalue weighted by Crippen LogP contribution is 2.26. The normalized spacial score (nSPS) is 15.9. The quantitative estimate of drug-likeness (QED) is 0.634. The summed E-state index contributed by atoms with van der Waals surface area (Å²) in [4.78, 5) is 2.58. The Morgan fingerprint density at radius 2 is 1.78 bits per heavy atom. The minimum absolute atomic E-state index is 0.231. The van der Waals surface area contributed by atoms with Crippen molar-refractivity contribution in [1.29, 1.82) is 0 Å². The van der Waals surface area contributed by atoms with E-state index < -0.39 is 0 Å². The number of rotatable bonds is 9. The molecular weight excluding hydrogens is 220 g/mol. The topological polar surface area (TPSA) is 15.3 Å². The van der Waals surface area contributed by atoms with Crippen molar-refractivity contribution in [2.75, 3.05) is 19.6 Å². The van der Waals surface area contributed by atoms with Gasteiger partial charge in [0, 0.05) is 18.0 Å². The monoisotopic (exact) mass is 252 g/mol. The predicted molar refractivity (Wildman–Crippen MR) is 81.8 cm³/mol. The van der Waals surface area contributed by atoms with Crippen LogP contribution in [0.3, 0.4) is 0 Å². The van der Waals surface area contributed by atoms with Crippen LogP contribution in [0.2, 0.25) is 0 Å². The molecule has 106 valence electrons. The molecular formula is C16H32N2. The van der Waals surface area contributed by atoms with Crippen molar-refractivity contribution in [1.82, 2.24) is 10.2 Å². The molecule has 18 heavy (non-hydrogen) atoms. The third kappa shape index (κ3) is 4.63. The molecule has 0 aromatic heterocycles. The van der Waals surface area contributed by atoms with Crippen LogP contribution in [0.25, 0.3) is 0 Å². The van der Waals surface area contributed by atoms with Crippen LogP contribution in [0.15, 0.2) is 0 Å². The van der Waals surface area contributed by atoms with Crippen LogP contribution in [-0.4, -0.2) is 36.1 Å². The molecule has 2 atom stereocenters. The lowest BCUT2D eigenvalue weighted by molar-refractivity contribution is 0.0679. The number of nitrogens with one attached hydrogen (secondary N) is 1. The number of hydrogen-bond donors (Lipinski definition) is 1. The molecule has 2 heteroatoms. The summed E-state index contributed by atoms with van der Waals surface area (Å²) in [5.74, 6) is 6.20. The molecule has 0 bridgehead atoms. The minimum Gasteiger partial charge on any atom is -0.312 e. The third-order valence-corrected chi connectivity index (χ3v) is 4.14. The summed E-state index contributed by atoms with van der Waals surface area (Å²) in [5, 5.41) is 3.67. The summed E-state index contributed by atoms with van der Waals surface area (Å²) in [6.07, 6.45) is 3.30. The lowest BCUT2D eigenvalue weighted by Crippen LogP contribution is -2.59. The highest BCUT2D eigenvalue weighted by molar-refractivity contribution is 5.00. The zero-order valence-electron chi connectivity index (χ0n) is 13.3. The van der Waals surface area contributed by atoms with E-state index in [1.165, 1.54) is 6.42 Å². The molecule has 0 aromatic carbocycles. The van der Waals surface area contributed by atoms with Crippen LogP contribution in [0.4, 0.5) is 0 Å². The maximum atomic E-state index is 3.67. The molecule has 0 rings (SSSR count). The van der Waals surface area contributed by atoms with Gasteiger partial charge >= 0.3 is 0 Å². The van der Waals surface area contributed by atoms with Crippen LogP contribution in [0.5, 0.6) is 0 Å². The number of nitrogens with zero attached hydrogens (tertiary/aromatic N) is 1. The summed E-state index contributed by atoms with van der Waals surface area (Å²) >= 11 is 0.